The van der Waals surface area contributed by atoms with Gasteiger partial charge < -0.3 is 75.1 Å². The Morgan fingerprint density at radius 3 is 0.914 bits per heavy atom. The second kappa shape index (κ2) is 33.9. The Hall–Kier alpha value is -9.23. The van der Waals surface area contributed by atoms with E-state index in [-0.39, 0.29) is 126 Å². The molecule has 0 radical (unpaired) electrons. The highest BCUT2D eigenvalue weighted by Gasteiger charge is 2.33. The molecule has 7 N–H and O–H groups in total. The van der Waals surface area contributed by atoms with Gasteiger partial charge in [0.15, 0.2) is 5.78 Å². The molecular formula is C57H67N7O17. The second-order valence-corrected chi connectivity index (χ2v) is 18.1. The summed E-state index contributed by atoms with van der Waals surface area (Å²) in [4.78, 5) is 110. The molecule has 0 saturated carbocycles. The van der Waals surface area contributed by atoms with E-state index in [1.54, 1.807) is 69.3 Å². The molecule has 0 aromatic heterocycles. The third-order valence-corrected chi connectivity index (χ3v) is 10.7. The summed E-state index contributed by atoms with van der Waals surface area (Å²) in [6.07, 6.45) is -2.99. The van der Waals surface area contributed by atoms with E-state index in [0.717, 1.165) is 12.5 Å². The van der Waals surface area contributed by atoms with Crippen molar-refractivity contribution in [2.24, 2.45) is 5.41 Å². The molecule has 4 rings (SSSR count). The Morgan fingerprint density at radius 1 is 0.383 bits per heavy atom. The lowest BCUT2D eigenvalue weighted by Crippen LogP contribution is -2.44. The molecule has 0 saturated heterocycles. The first-order valence-electron chi connectivity index (χ1n) is 25.2. The van der Waals surface area contributed by atoms with E-state index < -0.39 is 41.5 Å². The molecule has 24 heteroatoms. The topological polar surface area (TPSA) is 312 Å². The van der Waals surface area contributed by atoms with Crippen molar-refractivity contribution in [3.8, 4) is 23.0 Å². The summed E-state index contributed by atoms with van der Waals surface area (Å²) in [6.45, 7) is 16.2. The van der Waals surface area contributed by atoms with Crippen LogP contribution < -0.4 is 56.2 Å². The van der Waals surface area contributed by atoms with Crippen molar-refractivity contribution >= 4 is 70.7 Å². The lowest BCUT2D eigenvalue weighted by atomic mass is 9.92. The van der Waals surface area contributed by atoms with E-state index >= 15 is 0 Å². The predicted molar refractivity (Wildman–Crippen MR) is 297 cm³/mol. The number of ketones is 2. The van der Waals surface area contributed by atoms with Gasteiger partial charge in [0, 0.05) is 67.7 Å². The molecule has 0 atom stereocenters. The number of amides is 7. The number of benzene rings is 4. The highest BCUT2D eigenvalue weighted by Crippen LogP contribution is 2.22. The number of hydrogen-bond acceptors (Lipinski definition) is 17. The summed E-state index contributed by atoms with van der Waals surface area (Å²) in [5.41, 5.74) is 1.94. The van der Waals surface area contributed by atoms with Gasteiger partial charge in [0.05, 0.1) is 58.3 Å². The molecule has 0 aliphatic rings. The van der Waals surface area contributed by atoms with Gasteiger partial charge in [-0.25, -0.2) is 19.2 Å². The Morgan fingerprint density at radius 2 is 0.654 bits per heavy atom. The Labute approximate surface area is 468 Å². The van der Waals surface area contributed by atoms with Crippen LogP contribution in [-0.2, 0) is 49.3 Å². The van der Waals surface area contributed by atoms with Crippen LogP contribution in [0.15, 0.2) is 134 Å². The lowest BCUT2D eigenvalue weighted by molar-refractivity contribution is -0.133. The van der Waals surface area contributed by atoms with E-state index in [4.69, 9.17) is 37.9 Å². The number of allylic oxidation sites excluding steroid dienone is 1. The highest BCUT2D eigenvalue weighted by molar-refractivity contribution is 6.39. The number of nitrogens with one attached hydrogen (secondary N) is 7. The van der Waals surface area contributed by atoms with Crippen LogP contribution in [0.3, 0.4) is 0 Å². The largest absolute Gasteiger partial charge is 0.412 e. The molecule has 432 valence electrons. The number of Topliss-reactive ketones (excluding diaryl/α,β-unsaturated/α-hetero) is 2. The molecule has 0 aliphatic heterocycles. The second-order valence-electron chi connectivity index (χ2n) is 18.1. The molecule has 0 spiro atoms. The van der Waals surface area contributed by atoms with Crippen molar-refractivity contribution in [2.45, 2.75) is 34.1 Å². The normalized spacial score (nSPS) is 10.7. The molecule has 7 amide bonds. The minimum atomic E-state index is -1.11. The van der Waals surface area contributed by atoms with Gasteiger partial charge in [-0.1, -0.05) is 31.9 Å². The first-order valence-corrected chi connectivity index (χ1v) is 25.2. The van der Waals surface area contributed by atoms with Crippen LogP contribution in [0, 0.1) is 5.41 Å². The SMILES string of the molecule is C=C(C)C(=O)Cc1ccc(OC(=O)NCCOCC(COCCNC(=O)Oc2ccc(NC(=O)C(=C)C)cc2)(COCCNC(=O)Oc2ccc(NC(=O)C(=C)C)cc2)COCCNC(=O)Oc2ccc(NC(=O)C(C)=O)cc2)cc1. The number of hydrogen-bond donors (Lipinski definition) is 7. The fourth-order valence-corrected chi connectivity index (χ4v) is 6.40. The molecule has 81 heavy (non-hydrogen) atoms. The fourth-order valence-electron chi connectivity index (χ4n) is 6.40. The maximum Gasteiger partial charge on any atom is 0.412 e. The van der Waals surface area contributed by atoms with Gasteiger partial charge in [0.1, 0.15) is 23.0 Å². The monoisotopic (exact) mass is 1120 g/mol. The summed E-state index contributed by atoms with van der Waals surface area (Å²) in [5, 5.41) is 18.1. The van der Waals surface area contributed by atoms with Gasteiger partial charge in [0.25, 0.3) is 17.7 Å². The molecule has 0 aliphatic carbocycles. The molecule has 0 heterocycles. The molecule has 0 bridgehead atoms. The molecule has 0 unspecified atom stereocenters. The molecule has 4 aromatic rings. The van der Waals surface area contributed by atoms with Crippen LogP contribution in [0.5, 0.6) is 23.0 Å². The van der Waals surface area contributed by atoms with Crippen molar-refractivity contribution in [3.05, 3.63) is 139 Å². The maximum absolute atomic E-state index is 12.7. The van der Waals surface area contributed by atoms with Crippen molar-refractivity contribution in [1.82, 2.24) is 21.3 Å². The summed E-state index contributed by atoms with van der Waals surface area (Å²) >= 11 is 0. The quantitative estimate of drug-likeness (QED) is 0.0153. The van der Waals surface area contributed by atoms with E-state index in [0.29, 0.717) is 33.8 Å². The first-order chi connectivity index (χ1) is 38.7. The van der Waals surface area contributed by atoms with Crippen LogP contribution >= 0.6 is 0 Å². The Balaban J connectivity index is 1.39. The average Bonchev–Trinajstić information content (AvgIpc) is 3.42. The number of rotatable bonds is 33. The van der Waals surface area contributed by atoms with Crippen LogP contribution in [-0.4, -0.2) is 133 Å². The third-order valence-electron chi connectivity index (χ3n) is 10.7. The summed E-state index contributed by atoms with van der Waals surface area (Å²) in [6, 6.07) is 24.4. The van der Waals surface area contributed by atoms with Crippen molar-refractivity contribution in [2.75, 3.05) is 95.0 Å². The molecule has 4 aromatic carbocycles. The zero-order valence-electron chi connectivity index (χ0n) is 45.5. The third kappa shape index (κ3) is 25.4. The summed E-state index contributed by atoms with van der Waals surface area (Å²) < 4.78 is 45.6. The molecular weight excluding hydrogens is 1050 g/mol. The number of ether oxygens (including phenoxy) is 8. The van der Waals surface area contributed by atoms with Gasteiger partial charge in [0.2, 0.25) is 5.78 Å². The van der Waals surface area contributed by atoms with Crippen LogP contribution in [0.4, 0.5) is 36.2 Å². The minimum absolute atomic E-state index is 0.000267. The van der Waals surface area contributed by atoms with Crippen LogP contribution in [0.1, 0.15) is 33.3 Å². The van der Waals surface area contributed by atoms with Gasteiger partial charge in [-0.15, -0.1) is 0 Å². The zero-order chi connectivity index (χ0) is 59.2. The zero-order valence-corrected chi connectivity index (χ0v) is 45.5. The lowest BCUT2D eigenvalue weighted by Gasteiger charge is -2.33. The fraction of sp³-hybridized carbons (Fsp3) is 0.316. The maximum atomic E-state index is 12.7. The summed E-state index contributed by atoms with van der Waals surface area (Å²) in [5.74, 6) is -1.51. The van der Waals surface area contributed by atoms with E-state index in [1.165, 1.54) is 48.5 Å². The van der Waals surface area contributed by atoms with Gasteiger partial charge in [-0.2, -0.15) is 0 Å². The van der Waals surface area contributed by atoms with E-state index in [1.807, 2.05) is 0 Å². The minimum Gasteiger partial charge on any atom is -0.410 e. The van der Waals surface area contributed by atoms with Crippen LogP contribution in [0.25, 0.3) is 0 Å². The highest BCUT2D eigenvalue weighted by atomic mass is 16.6. The first kappa shape index (κ1) is 64.3. The molecule has 0 fully saturated rings. The van der Waals surface area contributed by atoms with Crippen molar-refractivity contribution in [3.63, 3.8) is 0 Å². The van der Waals surface area contributed by atoms with Gasteiger partial charge in [-0.3, -0.25) is 24.0 Å². The smallest absolute Gasteiger partial charge is 0.410 e. The van der Waals surface area contributed by atoms with Crippen LogP contribution in [0.2, 0.25) is 0 Å². The Kier molecular flexibility index (Phi) is 26.9. The van der Waals surface area contributed by atoms with E-state index in [9.17, 15) is 43.2 Å². The number of anilines is 3. The van der Waals surface area contributed by atoms with Gasteiger partial charge >= 0.3 is 24.4 Å². The molecule has 24 nitrogen and oxygen atoms in total. The predicted octanol–water partition coefficient (Wildman–Crippen LogP) is 6.44. The van der Waals surface area contributed by atoms with Crippen molar-refractivity contribution in [1.29, 1.82) is 0 Å². The van der Waals surface area contributed by atoms with E-state index in [2.05, 4.69) is 57.0 Å². The van der Waals surface area contributed by atoms with Crippen molar-refractivity contribution < 1.29 is 81.0 Å². The summed E-state index contributed by atoms with van der Waals surface area (Å²) in [7, 11) is 0. The number of carbonyl (C=O) groups excluding carboxylic acids is 9. The standard InChI is InChI=1S/C57H67N7O17/c1-37(2)49(66)32-41-8-16-45(17-9-41)78-53(70)58-24-28-74-33-57(34-75-29-25-59-54(71)79-46-18-10-42(11-19-46)62-50(67)38(3)4,35-76-30-26-60-55(72)80-47-20-12-43(13-21-47)63-51(68)39(5)6)36-77-31-27-61-56(73)81-48-22-14-44(15-23-48)64-52(69)40(7)65/h8-23H,1,3,5,24-36H2,2,4,6-7H3,(H,58,70)(H,59,71)(H,60,72)(H,61,73)(H,62,67)(H,63,68)(H,64,69). The number of carbonyl (C=O) groups is 9. The average molecular weight is 1120 g/mol. The van der Waals surface area contributed by atoms with Gasteiger partial charge in [-0.05, 0) is 117 Å². The Bertz CT molecular complexity index is 2450.